The molecule has 0 N–H and O–H groups in total. The molecule has 0 aliphatic heterocycles. The summed E-state index contributed by atoms with van der Waals surface area (Å²) in [6.07, 6.45) is 2.96. The molecule has 0 spiro atoms. The normalized spacial score (nSPS) is 13.6. The second kappa shape index (κ2) is 6.01. The standard InChI is InChI=1S/C12H18O3S/c1-11(10-15-16(2,13)14)8-9-12-6-4-3-5-7-12/h3-7,11H,8-10H2,1-2H3. The summed E-state index contributed by atoms with van der Waals surface area (Å²) < 4.78 is 26.3. The molecule has 4 heteroatoms. The fourth-order valence-corrected chi connectivity index (χ4v) is 1.86. The van der Waals surface area contributed by atoms with Crippen LogP contribution in [0.3, 0.4) is 0 Å². The molecule has 0 fully saturated rings. The number of rotatable bonds is 6. The van der Waals surface area contributed by atoms with Crippen LogP contribution in [0.25, 0.3) is 0 Å². The maximum absolute atomic E-state index is 10.8. The van der Waals surface area contributed by atoms with Crippen molar-refractivity contribution in [3.8, 4) is 0 Å². The van der Waals surface area contributed by atoms with E-state index >= 15 is 0 Å². The van der Waals surface area contributed by atoms with Gasteiger partial charge in [-0.2, -0.15) is 8.42 Å². The van der Waals surface area contributed by atoms with Crippen LogP contribution in [0.4, 0.5) is 0 Å². The van der Waals surface area contributed by atoms with Gasteiger partial charge in [-0.25, -0.2) is 0 Å². The van der Waals surface area contributed by atoms with Gasteiger partial charge in [0.25, 0.3) is 10.1 Å². The minimum absolute atomic E-state index is 0.245. The van der Waals surface area contributed by atoms with E-state index < -0.39 is 10.1 Å². The smallest absolute Gasteiger partial charge is 0.264 e. The van der Waals surface area contributed by atoms with Gasteiger partial charge >= 0.3 is 0 Å². The first-order chi connectivity index (χ1) is 7.47. The summed E-state index contributed by atoms with van der Waals surface area (Å²) in [6, 6.07) is 10.1. The van der Waals surface area contributed by atoms with Crippen molar-refractivity contribution in [2.45, 2.75) is 19.8 Å². The van der Waals surface area contributed by atoms with Gasteiger partial charge in [0.1, 0.15) is 0 Å². The molecule has 0 radical (unpaired) electrons. The molecule has 1 unspecified atom stereocenters. The van der Waals surface area contributed by atoms with Crippen molar-refractivity contribution >= 4 is 10.1 Å². The maximum atomic E-state index is 10.8. The third-order valence-corrected chi connectivity index (χ3v) is 2.90. The number of hydrogen-bond acceptors (Lipinski definition) is 3. The minimum atomic E-state index is -3.30. The zero-order valence-corrected chi connectivity index (χ0v) is 10.5. The number of aryl methyl sites for hydroxylation is 1. The molecule has 1 rings (SSSR count). The molecule has 0 amide bonds. The lowest BCUT2D eigenvalue weighted by Crippen LogP contribution is -2.11. The first kappa shape index (κ1) is 13.2. The molecule has 0 aromatic heterocycles. The molecule has 3 nitrogen and oxygen atoms in total. The van der Waals surface area contributed by atoms with Crippen LogP contribution >= 0.6 is 0 Å². The lowest BCUT2D eigenvalue weighted by molar-refractivity contribution is 0.260. The number of benzene rings is 1. The van der Waals surface area contributed by atoms with Gasteiger partial charge < -0.3 is 0 Å². The van der Waals surface area contributed by atoms with Crippen molar-refractivity contribution < 1.29 is 12.6 Å². The van der Waals surface area contributed by atoms with E-state index in [1.165, 1.54) is 5.56 Å². The quantitative estimate of drug-likeness (QED) is 0.718. The molecule has 0 heterocycles. The van der Waals surface area contributed by atoms with Gasteiger partial charge in [-0.15, -0.1) is 0 Å². The fraction of sp³-hybridized carbons (Fsp3) is 0.500. The molecule has 1 aromatic carbocycles. The highest BCUT2D eigenvalue weighted by Gasteiger charge is 2.07. The average molecular weight is 242 g/mol. The van der Waals surface area contributed by atoms with Gasteiger partial charge in [0.15, 0.2) is 0 Å². The van der Waals surface area contributed by atoms with Crippen LogP contribution in [0.1, 0.15) is 18.9 Å². The third kappa shape index (κ3) is 5.88. The van der Waals surface area contributed by atoms with Crippen molar-refractivity contribution in [2.75, 3.05) is 12.9 Å². The molecule has 0 aliphatic rings. The van der Waals surface area contributed by atoms with E-state index in [1.54, 1.807) is 0 Å². The van der Waals surface area contributed by atoms with Crippen LogP contribution in [-0.2, 0) is 20.7 Å². The second-order valence-corrected chi connectivity index (χ2v) is 5.76. The topological polar surface area (TPSA) is 43.4 Å². The van der Waals surface area contributed by atoms with E-state index in [4.69, 9.17) is 4.18 Å². The van der Waals surface area contributed by atoms with Crippen LogP contribution in [-0.4, -0.2) is 21.3 Å². The van der Waals surface area contributed by atoms with Crippen LogP contribution in [0, 0.1) is 5.92 Å². The molecular formula is C12H18O3S. The Labute approximate surface area is 97.6 Å². The number of hydrogen-bond donors (Lipinski definition) is 0. The van der Waals surface area contributed by atoms with Gasteiger partial charge in [0.05, 0.1) is 12.9 Å². The van der Waals surface area contributed by atoms with Crippen LogP contribution in [0.15, 0.2) is 30.3 Å². The second-order valence-electron chi connectivity index (χ2n) is 4.12. The average Bonchev–Trinajstić information content (AvgIpc) is 2.24. The minimum Gasteiger partial charge on any atom is -0.270 e. The Kier molecular flexibility index (Phi) is 4.96. The van der Waals surface area contributed by atoms with Crippen LogP contribution < -0.4 is 0 Å². The molecule has 0 bridgehead atoms. The third-order valence-electron chi connectivity index (χ3n) is 2.34. The molecule has 0 saturated carbocycles. The Morgan fingerprint density at radius 2 is 1.88 bits per heavy atom. The van der Waals surface area contributed by atoms with Crippen molar-refractivity contribution in [2.24, 2.45) is 5.92 Å². The zero-order valence-electron chi connectivity index (χ0n) is 9.72. The SMILES string of the molecule is CC(CCc1ccccc1)COS(C)(=O)=O. The maximum Gasteiger partial charge on any atom is 0.264 e. The van der Waals surface area contributed by atoms with Gasteiger partial charge in [0.2, 0.25) is 0 Å². The van der Waals surface area contributed by atoms with E-state index in [-0.39, 0.29) is 12.5 Å². The van der Waals surface area contributed by atoms with Crippen molar-refractivity contribution in [1.29, 1.82) is 0 Å². The van der Waals surface area contributed by atoms with E-state index in [0.717, 1.165) is 19.1 Å². The van der Waals surface area contributed by atoms with E-state index in [9.17, 15) is 8.42 Å². The highest BCUT2D eigenvalue weighted by Crippen LogP contribution is 2.10. The molecule has 0 aliphatic carbocycles. The summed E-state index contributed by atoms with van der Waals surface area (Å²) in [5.41, 5.74) is 1.27. The summed E-state index contributed by atoms with van der Waals surface area (Å²) in [5.74, 6) is 0.245. The van der Waals surface area contributed by atoms with Crippen molar-refractivity contribution in [3.63, 3.8) is 0 Å². The monoisotopic (exact) mass is 242 g/mol. The van der Waals surface area contributed by atoms with E-state index in [2.05, 4.69) is 12.1 Å². The summed E-state index contributed by atoms with van der Waals surface area (Å²) in [4.78, 5) is 0. The Morgan fingerprint density at radius 3 is 2.44 bits per heavy atom. The highest BCUT2D eigenvalue weighted by atomic mass is 32.2. The predicted octanol–water partition coefficient (Wildman–Crippen LogP) is 2.23. The van der Waals surface area contributed by atoms with Crippen molar-refractivity contribution in [3.05, 3.63) is 35.9 Å². The first-order valence-electron chi connectivity index (χ1n) is 5.36. The first-order valence-corrected chi connectivity index (χ1v) is 7.17. The Hall–Kier alpha value is -0.870. The molecule has 1 aromatic rings. The molecule has 16 heavy (non-hydrogen) atoms. The van der Waals surface area contributed by atoms with Gasteiger partial charge in [-0.05, 0) is 24.3 Å². The Balaban J connectivity index is 2.28. The van der Waals surface area contributed by atoms with Crippen LogP contribution in [0.2, 0.25) is 0 Å². The molecule has 1 atom stereocenters. The highest BCUT2D eigenvalue weighted by molar-refractivity contribution is 7.85. The summed E-state index contributed by atoms with van der Waals surface area (Å²) >= 11 is 0. The Morgan fingerprint density at radius 1 is 1.25 bits per heavy atom. The predicted molar refractivity (Wildman–Crippen MR) is 64.7 cm³/mol. The van der Waals surface area contributed by atoms with E-state index in [0.29, 0.717) is 0 Å². The summed E-state index contributed by atoms with van der Waals surface area (Å²) in [5, 5.41) is 0. The molecule has 90 valence electrons. The van der Waals surface area contributed by atoms with Gasteiger partial charge in [0, 0.05) is 0 Å². The lowest BCUT2D eigenvalue weighted by Gasteiger charge is -2.10. The summed E-state index contributed by atoms with van der Waals surface area (Å²) in [6.45, 7) is 2.26. The summed E-state index contributed by atoms with van der Waals surface area (Å²) in [7, 11) is -3.30. The lowest BCUT2D eigenvalue weighted by atomic mass is 10.0. The molecule has 0 saturated heterocycles. The van der Waals surface area contributed by atoms with Gasteiger partial charge in [-0.1, -0.05) is 37.3 Å². The van der Waals surface area contributed by atoms with Crippen LogP contribution in [0.5, 0.6) is 0 Å². The largest absolute Gasteiger partial charge is 0.270 e. The molecular weight excluding hydrogens is 224 g/mol. The van der Waals surface area contributed by atoms with E-state index in [1.807, 2.05) is 25.1 Å². The zero-order chi connectivity index (χ0) is 12.0. The Bertz CT molecular complexity index is 398. The fourth-order valence-electron chi connectivity index (χ4n) is 1.38. The van der Waals surface area contributed by atoms with Gasteiger partial charge in [-0.3, -0.25) is 4.18 Å². The van der Waals surface area contributed by atoms with Crippen molar-refractivity contribution in [1.82, 2.24) is 0 Å².